The van der Waals surface area contributed by atoms with Crippen LogP contribution in [0.3, 0.4) is 0 Å². The van der Waals surface area contributed by atoms with Crippen LogP contribution in [0.25, 0.3) is 11.5 Å². The molecule has 0 aliphatic heterocycles. The number of carboxylic acid groups (broad SMARTS) is 1. The van der Waals surface area contributed by atoms with E-state index in [2.05, 4.69) is 10.2 Å². The van der Waals surface area contributed by atoms with Gasteiger partial charge in [0, 0.05) is 0 Å². The zero-order chi connectivity index (χ0) is 15.4. The smallest absolute Gasteiger partial charge is 0.320 e. The summed E-state index contributed by atoms with van der Waals surface area (Å²) in [5.74, 6) is -0.190. The van der Waals surface area contributed by atoms with Crippen LogP contribution in [-0.2, 0) is 11.3 Å². The van der Waals surface area contributed by atoms with Gasteiger partial charge in [0.15, 0.2) is 0 Å². The molecule has 0 amide bonds. The first kappa shape index (κ1) is 15.5. The highest BCUT2D eigenvalue weighted by atomic mass is 35.5. The first-order valence-electron chi connectivity index (χ1n) is 6.53. The lowest BCUT2D eigenvalue weighted by Gasteiger charge is -2.21. The predicted molar refractivity (Wildman–Crippen MR) is 77.9 cm³/mol. The maximum atomic E-state index is 11.1. The number of aromatic nitrogens is 2. The number of likely N-dealkylation sites (N-methyl/N-ethyl adjacent to an activating group) is 1. The van der Waals surface area contributed by atoms with Gasteiger partial charge >= 0.3 is 5.97 Å². The third-order valence-corrected chi connectivity index (χ3v) is 3.49. The third-order valence-electron chi connectivity index (χ3n) is 3.16. The molecule has 2 aromatic rings. The zero-order valence-electron chi connectivity index (χ0n) is 11.8. The molecule has 1 aromatic heterocycles. The summed E-state index contributed by atoms with van der Waals surface area (Å²) in [5.41, 5.74) is 0.658. The maximum absolute atomic E-state index is 11.1. The number of halogens is 1. The summed E-state index contributed by atoms with van der Waals surface area (Å²) in [6, 6.07) is 6.59. The van der Waals surface area contributed by atoms with E-state index in [0.29, 0.717) is 28.8 Å². The lowest BCUT2D eigenvalue weighted by atomic mass is 10.2. The van der Waals surface area contributed by atoms with Gasteiger partial charge in [-0.1, -0.05) is 30.7 Å². The van der Waals surface area contributed by atoms with E-state index in [4.69, 9.17) is 21.1 Å². The summed E-state index contributed by atoms with van der Waals surface area (Å²) in [7, 11) is 1.71. The van der Waals surface area contributed by atoms with Gasteiger partial charge in [-0.2, -0.15) is 0 Å². The number of benzene rings is 1. The highest BCUT2D eigenvalue weighted by Gasteiger charge is 2.22. The predicted octanol–water partition coefficient (Wildman–Crippen LogP) is 2.69. The molecule has 1 atom stereocenters. The van der Waals surface area contributed by atoms with Gasteiger partial charge in [-0.25, -0.2) is 0 Å². The molecular weight excluding hydrogens is 294 g/mol. The molecule has 1 N–H and O–H groups in total. The van der Waals surface area contributed by atoms with Crippen molar-refractivity contribution in [1.82, 2.24) is 15.1 Å². The Kier molecular flexibility index (Phi) is 4.93. The molecule has 0 aliphatic rings. The third kappa shape index (κ3) is 3.59. The minimum absolute atomic E-state index is 0.266. The molecule has 1 heterocycles. The lowest BCUT2D eigenvalue weighted by molar-refractivity contribution is -0.143. The van der Waals surface area contributed by atoms with E-state index in [0.717, 1.165) is 0 Å². The average Bonchev–Trinajstić information content (AvgIpc) is 2.87. The number of nitrogens with zero attached hydrogens (tertiary/aromatic N) is 3. The van der Waals surface area contributed by atoms with E-state index < -0.39 is 12.0 Å². The molecule has 1 aromatic carbocycles. The second-order valence-corrected chi connectivity index (χ2v) is 5.07. The maximum Gasteiger partial charge on any atom is 0.320 e. The fraction of sp³-hybridized carbons (Fsp3) is 0.357. The first-order chi connectivity index (χ1) is 10.0. The number of hydrogen-bond donors (Lipinski definition) is 1. The topological polar surface area (TPSA) is 79.5 Å². The Balaban J connectivity index is 2.14. The van der Waals surface area contributed by atoms with Crippen molar-refractivity contribution in [2.24, 2.45) is 0 Å². The summed E-state index contributed by atoms with van der Waals surface area (Å²) in [5, 5.41) is 17.5. The molecule has 0 saturated heterocycles. The molecule has 0 spiro atoms. The van der Waals surface area contributed by atoms with Gasteiger partial charge in [0.2, 0.25) is 11.8 Å². The van der Waals surface area contributed by atoms with E-state index >= 15 is 0 Å². The van der Waals surface area contributed by atoms with Crippen molar-refractivity contribution >= 4 is 17.6 Å². The Hall–Kier alpha value is -1.92. The quantitative estimate of drug-likeness (QED) is 0.883. The van der Waals surface area contributed by atoms with Gasteiger partial charge in [0.25, 0.3) is 0 Å². The Morgan fingerprint density at radius 1 is 1.43 bits per heavy atom. The number of carbonyl (C=O) groups is 1. The van der Waals surface area contributed by atoms with E-state index in [1.54, 1.807) is 24.1 Å². The lowest BCUT2D eigenvalue weighted by Crippen LogP contribution is -2.37. The van der Waals surface area contributed by atoms with Crippen molar-refractivity contribution in [2.45, 2.75) is 25.9 Å². The van der Waals surface area contributed by atoms with Crippen LogP contribution in [0, 0.1) is 0 Å². The average molecular weight is 310 g/mol. The summed E-state index contributed by atoms with van der Waals surface area (Å²) >= 11 is 6.07. The molecule has 21 heavy (non-hydrogen) atoms. The highest BCUT2D eigenvalue weighted by molar-refractivity contribution is 6.33. The Morgan fingerprint density at radius 2 is 2.14 bits per heavy atom. The van der Waals surface area contributed by atoms with Gasteiger partial charge < -0.3 is 9.52 Å². The standard InChI is InChI=1S/C14H16ClN3O3/c1-3-11(14(19)20)18(2)8-12-16-17-13(21-12)9-6-4-5-7-10(9)15/h4-7,11H,3,8H2,1-2H3,(H,19,20). The van der Waals surface area contributed by atoms with Crippen LogP contribution in [0.2, 0.25) is 5.02 Å². The van der Waals surface area contributed by atoms with Crippen LogP contribution in [0.1, 0.15) is 19.2 Å². The van der Waals surface area contributed by atoms with Crippen LogP contribution >= 0.6 is 11.6 Å². The molecule has 0 fully saturated rings. The van der Waals surface area contributed by atoms with Crippen LogP contribution in [0.4, 0.5) is 0 Å². The molecule has 0 saturated carbocycles. The second-order valence-electron chi connectivity index (χ2n) is 4.66. The zero-order valence-corrected chi connectivity index (χ0v) is 12.5. The van der Waals surface area contributed by atoms with Gasteiger partial charge in [-0.3, -0.25) is 9.69 Å². The highest BCUT2D eigenvalue weighted by Crippen LogP contribution is 2.26. The molecule has 1 unspecified atom stereocenters. The summed E-state index contributed by atoms with van der Waals surface area (Å²) in [6.07, 6.45) is 0.497. The van der Waals surface area contributed by atoms with Gasteiger partial charge in [-0.15, -0.1) is 10.2 Å². The minimum atomic E-state index is -0.870. The van der Waals surface area contributed by atoms with Crippen molar-refractivity contribution < 1.29 is 14.3 Å². The Morgan fingerprint density at radius 3 is 2.76 bits per heavy atom. The minimum Gasteiger partial charge on any atom is -0.480 e. The summed E-state index contributed by atoms with van der Waals surface area (Å²) < 4.78 is 5.55. The van der Waals surface area contributed by atoms with Crippen LogP contribution in [0.15, 0.2) is 28.7 Å². The number of hydrogen-bond acceptors (Lipinski definition) is 5. The van der Waals surface area contributed by atoms with Crippen molar-refractivity contribution in [3.63, 3.8) is 0 Å². The normalized spacial score (nSPS) is 12.6. The SMILES string of the molecule is CCC(C(=O)O)N(C)Cc1nnc(-c2ccccc2Cl)o1. The molecule has 0 bridgehead atoms. The monoisotopic (exact) mass is 309 g/mol. The Labute approximate surface area is 127 Å². The van der Waals surface area contributed by atoms with E-state index in [1.807, 2.05) is 19.1 Å². The van der Waals surface area contributed by atoms with E-state index in [-0.39, 0.29) is 6.54 Å². The van der Waals surface area contributed by atoms with Gasteiger partial charge in [0.1, 0.15) is 6.04 Å². The fourth-order valence-corrected chi connectivity index (χ4v) is 2.28. The largest absolute Gasteiger partial charge is 0.480 e. The molecule has 2 rings (SSSR count). The molecule has 112 valence electrons. The fourth-order valence-electron chi connectivity index (χ4n) is 2.06. The molecule has 6 nitrogen and oxygen atoms in total. The van der Waals surface area contributed by atoms with E-state index in [9.17, 15) is 4.79 Å². The van der Waals surface area contributed by atoms with E-state index in [1.165, 1.54) is 0 Å². The van der Waals surface area contributed by atoms with Crippen LogP contribution in [-0.4, -0.2) is 39.3 Å². The molecule has 0 radical (unpaired) electrons. The molecular formula is C14H16ClN3O3. The van der Waals surface area contributed by atoms with Gasteiger partial charge in [-0.05, 0) is 25.6 Å². The van der Waals surface area contributed by atoms with Crippen LogP contribution < -0.4 is 0 Å². The van der Waals surface area contributed by atoms with Crippen molar-refractivity contribution in [3.8, 4) is 11.5 Å². The summed E-state index contributed by atoms with van der Waals surface area (Å²) in [4.78, 5) is 12.8. The van der Waals surface area contributed by atoms with Gasteiger partial charge in [0.05, 0.1) is 17.1 Å². The van der Waals surface area contributed by atoms with Crippen LogP contribution in [0.5, 0.6) is 0 Å². The van der Waals surface area contributed by atoms with Crippen molar-refractivity contribution in [3.05, 3.63) is 35.2 Å². The van der Waals surface area contributed by atoms with Crippen molar-refractivity contribution in [1.29, 1.82) is 0 Å². The molecule has 0 aliphatic carbocycles. The number of carboxylic acids is 1. The number of rotatable bonds is 6. The Bertz CT molecular complexity index is 629. The molecule has 7 heteroatoms. The number of aliphatic carboxylic acids is 1. The second kappa shape index (κ2) is 6.69. The summed E-state index contributed by atoms with van der Waals surface area (Å²) in [6.45, 7) is 2.08. The van der Waals surface area contributed by atoms with Crippen molar-refractivity contribution in [2.75, 3.05) is 7.05 Å². The first-order valence-corrected chi connectivity index (χ1v) is 6.91.